The Morgan fingerprint density at radius 3 is 1.57 bits per heavy atom. The molecule has 148 valence electrons. The van der Waals surface area contributed by atoms with Gasteiger partial charge < -0.3 is 9.47 Å². The Bertz CT molecular complexity index is 1110. The van der Waals surface area contributed by atoms with Crippen molar-refractivity contribution in [2.45, 2.75) is 26.2 Å². The second kappa shape index (κ2) is 8.08. The number of fused-ring (bicyclic) bond motifs is 4. The maximum Gasteiger partial charge on any atom is 0.131 e. The maximum absolute atomic E-state index is 5.92. The van der Waals surface area contributed by atoms with Gasteiger partial charge >= 0.3 is 0 Å². The fourth-order valence-electron chi connectivity index (χ4n) is 4.12. The first-order valence-electron chi connectivity index (χ1n) is 10.5. The monoisotopic (exact) mass is 392 g/mol. The third-order valence-corrected chi connectivity index (χ3v) is 5.72. The maximum atomic E-state index is 5.92. The zero-order valence-corrected chi connectivity index (χ0v) is 17.1. The van der Waals surface area contributed by atoms with Crippen molar-refractivity contribution in [1.29, 1.82) is 0 Å². The molecule has 4 aromatic carbocycles. The molecule has 0 fully saturated rings. The van der Waals surface area contributed by atoms with E-state index < -0.39 is 0 Å². The summed E-state index contributed by atoms with van der Waals surface area (Å²) in [7, 11) is 0. The summed E-state index contributed by atoms with van der Waals surface area (Å²) in [5, 5.41) is 0. The summed E-state index contributed by atoms with van der Waals surface area (Å²) in [5.41, 5.74) is 6.57. The number of benzene rings is 4. The van der Waals surface area contributed by atoms with Crippen LogP contribution in [0, 0.1) is 0 Å². The average Bonchev–Trinajstić information content (AvgIpc) is 2.81. The SMILES string of the molecule is CCc1cccc2c1Cc1ccccc1O2.c1ccc2c(c1)Cc1ccccc1O2. The Labute approximate surface area is 177 Å². The predicted octanol–water partition coefficient (Wildman–Crippen LogP) is 7.33. The smallest absolute Gasteiger partial charge is 0.131 e. The molecule has 0 saturated carbocycles. The fraction of sp³-hybridized carbons (Fsp3) is 0.143. The molecule has 0 atom stereocenters. The summed E-state index contributed by atoms with van der Waals surface area (Å²) in [6.07, 6.45) is 3.04. The molecule has 30 heavy (non-hydrogen) atoms. The van der Waals surface area contributed by atoms with Crippen LogP contribution < -0.4 is 9.47 Å². The predicted molar refractivity (Wildman–Crippen MR) is 121 cm³/mol. The van der Waals surface area contributed by atoms with E-state index in [-0.39, 0.29) is 0 Å². The Kier molecular flexibility index (Phi) is 4.98. The Balaban J connectivity index is 0.000000130. The average molecular weight is 392 g/mol. The molecule has 0 unspecified atom stereocenters. The minimum atomic E-state index is 0.979. The number of aryl methyl sites for hydroxylation is 1. The minimum absolute atomic E-state index is 0.979. The highest BCUT2D eigenvalue weighted by atomic mass is 16.5. The molecule has 2 aliphatic rings. The molecule has 2 aliphatic heterocycles. The van der Waals surface area contributed by atoms with E-state index in [1.54, 1.807) is 0 Å². The quantitative estimate of drug-likeness (QED) is 0.292. The van der Waals surface area contributed by atoms with Crippen molar-refractivity contribution in [2.75, 3.05) is 0 Å². The van der Waals surface area contributed by atoms with Crippen LogP contribution in [0.3, 0.4) is 0 Å². The van der Waals surface area contributed by atoms with Crippen LogP contribution in [0.15, 0.2) is 91.0 Å². The molecule has 0 spiro atoms. The summed E-state index contributed by atoms with van der Waals surface area (Å²) in [5.74, 6) is 4.01. The van der Waals surface area contributed by atoms with E-state index in [2.05, 4.69) is 61.5 Å². The third kappa shape index (κ3) is 3.57. The molecule has 4 aromatic rings. The van der Waals surface area contributed by atoms with E-state index in [1.807, 2.05) is 36.4 Å². The van der Waals surface area contributed by atoms with Crippen molar-refractivity contribution in [3.05, 3.63) is 119 Å². The number of para-hydroxylation sites is 3. The number of rotatable bonds is 1. The standard InChI is InChI=1S/C15H14O.C13H10O/c1-2-11-7-5-9-15-13(11)10-12-6-3-4-8-14(12)16-15;1-3-7-12-10(5-1)9-11-6-2-4-8-13(11)14-12/h3-9H,2,10H2,1H3;1-8H,9H2. The van der Waals surface area contributed by atoms with Gasteiger partial charge in [0.1, 0.15) is 23.0 Å². The summed E-state index contributed by atoms with van der Waals surface area (Å²) >= 11 is 0. The van der Waals surface area contributed by atoms with Gasteiger partial charge in [-0.15, -0.1) is 0 Å². The van der Waals surface area contributed by atoms with E-state index in [0.717, 1.165) is 42.3 Å². The third-order valence-electron chi connectivity index (χ3n) is 5.72. The van der Waals surface area contributed by atoms with E-state index >= 15 is 0 Å². The molecule has 0 amide bonds. The molecule has 2 heterocycles. The van der Waals surface area contributed by atoms with Crippen molar-refractivity contribution < 1.29 is 9.47 Å². The van der Waals surface area contributed by atoms with Gasteiger partial charge in [0.05, 0.1) is 0 Å². The Morgan fingerprint density at radius 1 is 0.533 bits per heavy atom. The van der Waals surface area contributed by atoms with Gasteiger partial charge in [-0.05, 0) is 52.9 Å². The zero-order chi connectivity index (χ0) is 20.3. The molecular formula is C28H24O2. The topological polar surface area (TPSA) is 18.5 Å². The lowest BCUT2D eigenvalue weighted by Crippen LogP contribution is -2.05. The van der Waals surface area contributed by atoms with Crippen LogP contribution >= 0.6 is 0 Å². The van der Waals surface area contributed by atoms with Crippen molar-refractivity contribution in [3.8, 4) is 23.0 Å². The Hall–Kier alpha value is -3.52. The van der Waals surface area contributed by atoms with Crippen LogP contribution in [0.4, 0.5) is 0 Å². The normalized spacial score (nSPS) is 12.6. The number of hydrogen-bond acceptors (Lipinski definition) is 2. The van der Waals surface area contributed by atoms with Crippen LogP contribution in [0.1, 0.15) is 34.7 Å². The van der Waals surface area contributed by atoms with Gasteiger partial charge in [0.15, 0.2) is 0 Å². The molecule has 2 nitrogen and oxygen atoms in total. The lowest BCUT2D eigenvalue weighted by atomic mass is 9.95. The van der Waals surface area contributed by atoms with Crippen LogP contribution in [0.2, 0.25) is 0 Å². The van der Waals surface area contributed by atoms with Crippen LogP contribution in [0.25, 0.3) is 0 Å². The van der Waals surface area contributed by atoms with Crippen molar-refractivity contribution in [3.63, 3.8) is 0 Å². The Morgan fingerprint density at radius 2 is 1.00 bits per heavy atom. The zero-order valence-electron chi connectivity index (χ0n) is 17.1. The molecule has 0 aromatic heterocycles. The summed E-state index contributed by atoms with van der Waals surface area (Å²) in [4.78, 5) is 0. The van der Waals surface area contributed by atoms with Gasteiger partial charge in [-0.25, -0.2) is 0 Å². The molecule has 2 heteroatoms. The van der Waals surface area contributed by atoms with Crippen LogP contribution in [-0.4, -0.2) is 0 Å². The highest BCUT2D eigenvalue weighted by molar-refractivity contribution is 5.52. The van der Waals surface area contributed by atoms with Crippen molar-refractivity contribution in [1.82, 2.24) is 0 Å². The molecular weight excluding hydrogens is 368 g/mol. The molecule has 6 rings (SSSR count). The minimum Gasteiger partial charge on any atom is -0.457 e. The summed E-state index contributed by atoms with van der Waals surface area (Å²) < 4.78 is 11.7. The highest BCUT2D eigenvalue weighted by Gasteiger charge is 2.18. The first-order chi connectivity index (χ1) is 14.8. The van der Waals surface area contributed by atoms with Crippen LogP contribution in [-0.2, 0) is 19.3 Å². The molecule has 0 saturated heterocycles. The van der Waals surface area contributed by atoms with Gasteiger partial charge in [-0.2, -0.15) is 0 Å². The molecule has 0 N–H and O–H groups in total. The molecule has 0 radical (unpaired) electrons. The number of ether oxygens (including phenoxy) is 2. The lowest BCUT2D eigenvalue weighted by molar-refractivity contribution is 0.459. The summed E-state index contributed by atoms with van der Waals surface area (Å²) in [6, 6.07) is 31.0. The molecule has 0 bridgehead atoms. The number of hydrogen-bond donors (Lipinski definition) is 0. The fourth-order valence-corrected chi connectivity index (χ4v) is 4.12. The van der Waals surface area contributed by atoms with Gasteiger partial charge in [-0.3, -0.25) is 0 Å². The van der Waals surface area contributed by atoms with Crippen LogP contribution in [0.5, 0.6) is 23.0 Å². The van der Waals surface area contributed by atoms with E-state index in [0.29, 0.717) is 0 Å². The van der Waals surface area contributed by atoms with Gasteiger partial charge in [0, 0.05) is 18.4 Å². The van der Waals surface area contributed by atoms with E-state index in [9.17, 15) is 0 Å². The largest absolute Gasteiger partial charge is 0.457 e. The highest BCUT2D eigenvalue weighted by Crippen LogP contribution is 2.38. The second-order valence-corrected chi connectivity index (χ2v) is 7.63. The van der Waals surface area contributed by atoms with E-state index in [4.69, 9.17) is 9.47 Å². The first kappa shape index (κ1) is 18.5. The van der Waals surface area contributed by atoms with E-state index in [1.165, 1.54) is 27.8 Å². The van der Waals surface area contributed by atoms with Gasteiger partial charge in [-0.1, -0.05) is 73.7 Å². The summed E-state index contributed by atoms with van der Waals surface area (Å²) in [6.45, 7) is 2.19. The van der Waals surface area contributed by atoms with Crippen molar-refractivity contribution >= 4 is 0 Å². The van der Waals surface area contributed by atoms with Crippen molar-refractivity contribution in [2.24, 2.45) is 0 Å². The lowest BCUT2D eigenvalue weighted by Gasteiger charge is -2.22. The van der Waals surface area contributed by atoms with Gasteiger partial charge in [0.25, 0.3) is 0 Å². The molecule has 0 aliphatic carbocycles. The second-order valence-electron chi connectivity index (χ2n) is 7.63. The first-order valence-corrected chi connectivity index (χ1v) is 10.5. The van der Waals surface area contributed by atoms with Gasteiger partial charge in [0.2, 0.25) is 0 Å².